The van der Waals surface area contributed by atoms with E-state index in [9.17, 15) is 8.22 Å². The van der Waals surface area contributed by atoms with Crippen molar-refractivity contribution in [3.05, 3.63) is 169 Å². The zero-order chi connectivity index (χ0) is 44.0. The Morgan fingerprint density at radius 3 is 1.83 bits per heavy atom. The van der Waals surface area contributed by atoms with Crippen LogP contribution >= 0.6 is 0 Å². The summed E-state index contributed by atoms with van der Waals surface area (Å²) in [5.74, 6) is 0. The first-order chi connectivity index (χ1) is 29.6. The van der Waals surface area contributed by atoms with Crippen LogP contribution in [0, 0.1) is 0 Å². The minimum absolute atomic E-state index is 0.0288. The first kappa shape index (κ1) is 15.4. The van der Waals surface area contributed by atoms with Gasteiger partial charge in [0.15, 0.2) is 0 Å². The molecule has 1 heteroatoms. The van der Waals surface area contributed by atoms with Gasteiger partial charge in [0.1, 0.15) is 11.2 Å². The van der Waals surface area contributed by atoms with E-state index in [0.29, 0.717) is 22.3 Å². The molecule has 0 aliphatic rings. The number of hydrogen-bond donors (Lipinski definition) is 0. The molecule has 1 nitrogen and oxygen atoms in total. The lowest BCUT2D eigenvalue weighted by Crippen LogP contribution is -1.91. The third-order valence-corrected chi connectivity index (χ3v) is 8.72. The molecule has 0 aliphatic carbocycles. The Morgan fingerprint density at radius 1 is 0.404 bits per heavy atom. The molecule has 0 saturated carbocycles. The Labute approximate surface area is 293 Å². The molecule has 0 unspecified atom stereocenters. The highest BCUT2D eigenvalue weighted by atomic mass is 16.3. The Morgan fingerprint density at radius 2 is 1.04 bits per heavy atom. The van der Waals surface area contributed by atoms with Gasteiger partial charge >= 0.3 is 0 Å². The van der Waals surface area contributed by atoms with Gasteiger partial charge in [-0.1, -0.05) is 145 Å². The molecule has 0 spiro atoms. The molecule has 1 aromatic heterocycles. The second-order valence-corrected chi connectivity index (χ2v) is 11.3. The predicted molar refractivity (Wildman–Crippen MR) is 200 cm³/mol. The van der Waals surface area contributed by atoms with Crippen LogP contribution in [0.4, 0.5) is 0 Å². The van der Waals surface area contributed by atoms with Gasteiger partial charge in [0, 0.05) is 10.8 Å². The largest absolute Gasteiger partial charge is 0.456 e. The van der Waals surface area contributed by atoms with Crippen molar-refractivity contribution in [2.45, 2.75) is 0 Å². The molecule has 0 amide bonds. The van der Waals surface area contributed by atoms with E-state index in [0.717, 1.165) is 27.1 Å². The van der Waals surface area contributed by atoms with Gasteiger partial charge < -0.3 is 4.42 Å². The molecule has 0 atom stereocenters. The van der Waals surface area contributed by atoms with Crippen LogP contribution < -0.4 is 0 Å². The van der Waals surface area contributed by atoms with Gasteiger partial charge in [-0.2, -0.15) is 0 Å². The van der Waals surface area contributed by atoms with Crippen LogP contribution in [-0.2, 0) is 0 Å². The quantitative estimate of drug-likeness (QED) is 0.181. The first-order valence-corrected chi connectivity index (χ1v) is 15.0. The average molecular weight is 612 g/mol. The van der Waals surface area contributed by atoms with Crippen molar-refractivity contribution in [2.24, 2.45) is 0 Å². The monoisotopic (exact) mass is 611 g/mol. The highest BCUT2D eigenvalue weighted by Crippen LogP contribution is 2.46. The van der Waals surface area contributed by atoms with Crippen LogP contribution in [0.2, 0.25) is 0 Å². The lowest BCUT2D eigenvalue weighted by molar-refractivity contribution is 0.669. The highest BCUT2D eigenvalue weighted by Gasteiger charge is 2.19. The number of rotatable bonds is 3. The average Bonchev–Trinajstić information content (AvgIpc) is 3.67. The minimum Gasteiger partial charge on any atom is -0.456 e. The van der Waals surface area contributed by atoms with Gasteiger partial charge in [-0.25, -0.2) is 0 Å². The molecule has 0 radical (unpaired) electrons. The van der Waals surface area contributed by atoms with Gasteiger partial charge in [0.25, 0.3) is 0 Å². The summed E-state index contributed by atoms with van der Waals surface area (Å²) in [6.45, 7) is 0. The van der Waals surface area contributed by atoms with Crippen molar-refractivity contribution in [3.8, 4) is 33.4 Å². The molecule has 0 N–H and O–H groups in total. The van der Waals surface area contributed by atoms with E-state index in [2.05, 4.69) is 0 Å². The summed E-state index contributed by atoms with van der Waals surface area (Å²) in [5.41, 5.74) is 2.19. The smallest absolute Gasteiger partial charge is 0.136 e. The van der Waals surface area contributed by atoms with E-state index < -0.39 is 107 Å². The molecule has 10 aromatic rings. The third-order valence-electron chi connectivity index (χ3n) is 8.72. The van der Waals surface area contributed by atoms with Crippen LogP contribution in [0.3, 0.4) is 0 Å². The molecule has 10 rings (SSSR count). The molecule has 0 saturated heterocycles. The fourth-order valence-electron chi connectivity index (χ4n) is 6.74. The standard InChI is InChI=1S/C46H28O/c1-2-13-31-27-34(24-23-29(31)11-1)44-39-19-7-5-17-37(39)43(38-18-6-8-20-40(38)44)33-15-9-14-32(28-33)36-21-10-22-41-46(36)45-35-16-4-3-12-30(35)25-26-42(45)47-41/h1-28H/i1D,2D,5D,6D,7D,8D,11D,13D,17D,18D,19D,20D,23D,24D,27D. The lowest BCUT2D eigenvalue weighted by Gasteiger charge is -2.18. The second-order valence-electron chi connectivity index (χ2n) is 11.3. The SMILES string of the molecule is [2H]c1c([2H])c([2H])c2c([2H])c(-c3c4c([2H])c([2H])c([2H])c([2H])c4c(-c4cccc(-c5cccc6oc7ccc8ccccc8c7c56)c4)c4c([2H])c([2H])c([2H])c([2H])c34)c([2H])c([2H])c2c1[2H]. The molecule has 1 heterocycles. The summed E-state index contributed by atoms with van der Waals surface area (Å²) in [4.78, 5) is 0. The summed E-state index contributed by atoms with van der Waals surface area (Å²) in [6.07, 6.45) is 0. The van der Waals surface area contributed by atoms with Crippen molar-refractivity contribution in [3.63, 3.8) is 0 Å². The maximum atomic E-state index is 9.47. The van der Waals surface area contributed by atoms with Gasteiger partial charge in [0.2, 0.25) is 0 Å². The van der Waals surface area contributed by atoms with Crippen molar-refractivity contribution >= 4 is 65.0 Å². The van der Waals surface area contributed by atoms with Crippen LogP contribution in [0.15, 0.2) is 174 Å². The summed E-state index contributed by atoms with van der Waals surface area (Å²) in [6, 6.07) is 14.5. The molecular formula is C46H28O. The number of hydrogen-bond acceptors (Lipinski definition) is 1. The van der Waals surface area contributed by atoms with Crippen LogP contribution in [0.25, 0.3) is 98.4 Å². The topological polar surface area (TPSA) is 13.1 Å². The van der Waals surface area contributed by atoms with E-state index in [-0.39, 0.29) is 32.7 Å². The normalized spacial score (nSPS) is 16.3. The van der Waals surface area contributed by atoms with E-state index >= 15 is 0 Å². The van der Waals surface area contributed by atoms with Gasteiger partial charge in [-0.05, 0) is 101 Å². The van der Waals surface area contributed by atoms with Gasteiger partial charge in [0.05, 0.1) is 20.6 Å². The molecule has 0 aliphatic heterocycles. The van der Waals surface area contributed by atoms with E-state index in [1.54, 1.807) is 18.2 Å². The molecule has 47 heavy (non-hydrogen) atoms. The van der Waals surface area contributed by atoms with E-state index in [1.807, 2.05) is 60.7 Å². The second kappa shape index (κ2) is 10.2. The van der Waals surface area contributed by atoms with Crippen LogP contribution in [0.5, 0.6) is 0 Å². The van der Waals surface area contributed by atoms with Crippen molar-refractivity contribution in [1.82, 2.24) is 0 Å². The third kappa shape index (κ3) is 3.97. The van der Waals surface area contributed by atoms with Crippen molar-refractivity contribution in [2.75, 3.05) is 0 Å². The van der Waals surface area contributed by atoms with Crippen LogP contribution in [-0.4, -0.2) is 0 Å². The molecule has 218 valence electrons. The summed E-state index contributed by atoms with van der Waals surface area (Å²) in [5, 5.41) is 1.87. The molecule has 9 aromatic carbocycles. The number of furan rings is 1. The van der Waals surface area contributed by atoms with Gasteiger partial charge in [-0.15, -0.1) is 0 Å². The summed E-state index contributed by atoms with van der Waals surface area (Å²) >= 11 is 0. The zero-order valence-electron chi connectivity index (χ0n) is 39.4. The van der Waals surface area contributed by atoms with E-state index in [1.165, 1.54) is 0 Å². The van der Waals surface area contributed by atoms with Crippen molar-refractivity contribution in [1.29, 1.82) is 0 Å². The Kier molecular flexibility index (Phi) is 3.33. The number of benzene rings is 9. The maximum Gasteiger partial charge on any atom is 0.136 e. The Bertz CT molecular complexity index is 3620. The predicted octanol–water partition coefficient (Wildman–Crippen LogP) is 13.2. The molecule has 0 bridgehead atoms. The van der Waals surface area contributed by atoms with Gasteiger partial charge in [-0.3, -0.25) is 0 Å². The van der Waals surface area contributed by atoms with Crippen LogP contribution in [0.1, 0.15) is 20.6 Å². The van der Waals surface area contributed by atoms with Crippen molar-refractivity contribution < 1.29 is 25.0 Å². The minimum atomic E-state index is -0.738. The summed E-state index contributed by atoms with van der Waals surface area (Å²) in [7, 11) is 0. The Balaban J connectivity index is 1.41. The maximum absolute atomic E-state index is 9.47. The lowest BCUT2D eigenvalue weighted by atomic mass is 9.85. The van der Waals surface area contributed by atoms with E-state index in [4.69, 9.17) is 16.8 Å². The zero-order valence-corrected chi connectivity index (χ0v) is 24.4. The highest BCUT2D eigenvalue weighted by molar-refractivity contribution is 6.24. The fraction of sp³-hybridized carbons (Fsp3) is 0. The fourth-order valence-corrected chi connectivity index (χ4v) is 6.74. The summed E-state index contributed by atoms with van der Waals surface area (Å²) < 4.78 is 141. The first-order valence-electron chi connectivity index (χ1n) is 22.5. The molecule has 0 fully saturated rings. The Hall–Kier alpha value is -6.18. The molecular weight excluding hydrogens is 569 g/mol. The number of fused-ring (bicyclic) bond motifs is 8.